The summed E-state index contributed by atoms with van der Waals surface area (Å²) in [4.78, 5) is 27.1. The van der Waals surface area contributed by atoms with Crippen LogP contribution in [0.1, 0.15) is 33.1 Å². The highest BCUT2D eigenvalue weighted by molar-refractivity contribution is 6.39. The van der Waals surface area contributed by atoms with Crippen LogP contribution < -0.4 is 0 Å². The number of hydrogen-bond acceptors (Lipinski definition) is 5. The van der Waals surface area contributed by atoms with E-state index in [2.05, 4.69) is 9.99 Å². The van der Waals surface area contributed by atoms with Gasteiger partial charge < -0.3 is 9.57 Å². The Morgan fingerprint density at radius 2 is 1.93 bits per heavy atom. The lowest BCUT2D eigenvalue weighted by atomic mass is 10.1. The van der Waals surface area contributed by atoms with Crippen LogP contribution in [-0.4, -0.2) is 31.2 Å². The molecular formula is C10H17NO4. The van der Waals surface area contributed by atoms with Gasteiger partial charge in [-0.25, -0.2) is 4.79 Å². The van der Waals surface area contributed by atoms with E-state index in [0.29, 0.717) is 6.42 Å². The number of ether oxygens (including phenoxy) is 1. The first-order valence-corrected chi connectivity index (χ1v) is 4.94. The van der Waals surface area contributed by atoms with Gasteiger partial charge in [0, 0.05) is 6.42 Å². The van der Waals surface area contributed by atoms with E-state index >= 15 is 0 Å². The van der Waals surface area contributed by atoms with Gasteiger partial charge in [0.15, 0.2) is 5.71 Å². The maximum Gasteiger partial charge on any atom is 0.356 e. The van der Waals surface area contributed by atoms with E-state index in [9.17, 15) is 9.59 Å². The Morgan fingerprint density at radius 3 is 2.40 bits per heavy atom. The molecule has 0 spiro atoms. The lowest BCUT2D eigenvalue weighted by molar-refractivity contribution is -0.135. The zero-order chi connectivity index (χ0) is 11.7. The summed E-state index contributed by atoms with van der Waals surface area (Å²) in [6.45, 7) is 3.84. The molecule has 86 valence electrons. The largest absolute Gasteiger partial charge is 0.461 e. The number of nitrogens with zero attached hydrogens (tertiary/aromatic N) is 1. The van der Waals surface area contributed by atoms with Gasteiger partial charge in [0.05, 0.1) is 13.0 Å². The van der Waals surface area contributed by atoms with E-state index in [1.807, 2.05) is 6.92 Å². The van der Waals surface area contributed by atoms with E-state index in [1.165, 1.54) is 7.11 Å². The van der Waals surface area contributed by atoms with E-state index < -0.39 is 5.97 Å². The van der Waals surface area contributed by atoms with Crippen molar-refractivity contribution in [2.45, 2.75) is 33.1 Å². The van der Waals surface area contributed by atoms with Crippen molar-refractivity contribution in [2.24, 2.45) is 5.16 Å². The second kappa shape index (κ2) is 7.96. The molecule has 0 amide bonds. The zero-order valence-electron chi connectivity index (χ0n) is 9.41. The minimum Gasteiger partial charge on any atom is -0.461 e. The molecule has 0 saturated carbocycles. The second-order valence-corrected chi connectivity index (χ2v) is 2.91. The first-order valence-electron chi connectivity index (χ1n) is 4.94. The predicted molar refractivity (Wildman–Crippen MR) is 55.6 cm³/mol. The van der Waals surface area contributed by atoms with Gasteiger partial charge in [-0.3, -0.25) is 4.79 Å². The molecule has 0 aromatic rings. The molecule has 0 aliphatic rings. The Bertz CT molecular complexity index is 248. The third kappa shape index (κ3) is 5.83. The number of carbonyl (C=O) groups excluding carboxylic acids is 2. The quantitative estimate of drug-likeness (QED) is 0.365. The molecule has 0 aromatic carbocycles. The van der Waals surface area contributed by atoms with Gasteiger partial charge in [0.2, 0.25) is 0 Å². The van der Waals surface area contributed by atoms with Crippen LogP contribution in [0.4, 0.5) is 0 Å². The van der Waals surface area contributed by atoms with Gasteiger partial charge in [0.25, 0.3) is 0 Å². The Morgan fingerprint density at radius 1 is 1.27 bits per heavy atom. The highest BCUT2D eigenvalue weighted by atomic mass is 16.6. The molecule has 0 saturated heterocycles. The van der Waals surface area contributed by atoms with Crippen molar-refractivity contribution in [1.82, 2.24) is 0 Å². The van der Waals surface area contributed by atoms with Gasteiger partial charge in [0.1, 0.15) is 12.9 Å². The highest BCUT2D eigenvalue weighted by Crippen LogP contribution is 1.99. The van der Waals surface area contributed by atoms with Gasteiger partial charge >= 0.3 is 5.97 Å². The maximum absolute atomic E-state index is 11.3. The summed E-state index contributed by atoms with van der Waals surface area (Å²) in [6.07, 6.45) is 1.16. The summed E-state index contributed by atoms with van der Waals surface area (Å²) < 4.78 is 4.73. The molecule has 5 nitrogen and oxygen atoms in total. The fourth-order valence-electron chi connectivity index (χ4n) is 1.02. The molecule has 0 bridgehead atoms. The molecule has 0 rings (SSSR count). The van der Waals surface area contributed by atoms with E-state index in [4.69, 9.17) is 4.74 Å². The molecular weight excluding hydrogens is 198 g/mol. The van der Waals surface area contributed by atoms with Crippen molar-refractivity contribution in [3.63, 3.8) is 0 Å². The molecule has 0 unspecified atom stereocenters. The molecule has 0 fully saturated rings. The Kier molecular flexibility index (Phi) is 7.23. The van der Waals surface area contributed by atoms with Crippen molar-refractivity contribution >= 4 is 17.5 Å². The molecule has 0 aliphatic carbocycles. The predicted octanol–water partition coefficient (Wildman–Crippen LogP) is 1.31. The highest BCUT2D eigenvalue weighted by Gasteiger charge is 2.17. The summed E-state index contributed by atoms with van der Waals surface area (Å²) in [6, 6.07) is 0. The van der Waals surface area contributed by atoms with Crippen molar-refractivity contribution in [3.05, 3.63) is 0 Å². The topological polar surface area (TPSA) is 65.0 Å². The molecule has 0 aliphatic heterocycles. The minimum atomic E-state index is -0.594. The van der Waals surface area contributed by atoms with Crippen LogP contribution in [0.25, 0.3) is 0 Å². The molecule has 5 heteroatoms. The van der Waals surface area contributed by atoms with Crippen molar-refractivity contribution < 1.29 is 19.2 Å². The number of esters is 1. The number of ketones is 1. The Balaban J connectivity index is 4.34. The number of hydrogen-bond donors (Lipinski definition) is 0. The van der Waals surface area contributed by atoms with Crippen LogP contribution in [0.3, 0.4) is 0 Å². The van der Waals surface area contributed by atoms with E-state index in [-0.39, 0.29) is 24.5 Å². The normalized spacial score (nSPS) is 11.0. The second-order valence-electron chi connectivity index (χ2n) is 2.91. The fourth-order valence-corrected chi connectivity index (χ4v) is 1.02. The molecule has 0 heterocycles. The standard InChI is InChI=1S/C10H17NO4/c1-4-6-8(12)7-9(11-14-3)10(13)15-5-2/h4-7H2,1-3H3/b11-9-. The number of carbonyl (C=O) groups is 2. The molecule has 15 heavy (non-hydrogen) atoms. The monoisotopic (exact) mass is 215 g/mol. The van der Waals surface area contributed by atoms with Crippen molar-refractivity contribution in [1.29, 1.82) is 0 Å². The number of Topliss-reactive ketones (excluding diaryl/α,β-unsaturated/α-hetero) is 1. The van der Waals surface area contributed by atoms with Crippen LogP contribution in [0.2, 0.25) is 0 Å². The van der Waals surface area contributed by atoms with Crippen LogP contribution in [0, 0.1) is 0 Å². The summed E-state index contributed by atoms with van der Waals surface area (Å²) in [5, 5.41) is 3.49. The van der Waals surface area contributed by atoms with Gasteiger partial charge in [-0.1, -0.05) is 12.1 Å². The van der Waals surface area contributed by atoms with Gasteiger partial charge in [-0.2, -0.15) is 0 Å². The molecule has 0 aromatic heterocycles. The lowest BCUT2D eigenvalue weighted by Crippen LogP contribution is -2.21. The first kappa shape index (κ1) is 13.6. The van der Waals surface area contributed by atoms with E-state index in [1.54, 1.807) is 6.92 Å². The summed E-state index contributed by atoms with van der Waals surface area (Å²) in [7, 11) is 1.32. The number of oxime groups is 1. The SMILES string of the molecule is CCCC(=O)C/C(=N/OC)C(=O)OCC. The van der Waals surface area contributed by atoms with E-state index in [0.717, 1.165) is 6.42 Å². The summed E-state index contributed by atoms with van der Waals surface area (Å²) in [5.74, 6) is -0.634. The van der Waals surface area contributed by atoms with Crippen LogP contribution in [-0.2, 0) is 19.2 Å². The molecule has 0 N–H and O–H groups in total. The lowest BCUT2D eigenvalue weighted by Gasteiger charge is -2.03. The third-order valence-electron chi connectivity index (χ3n) is 1.61. The van der Waals surface area contributed by atoms with Gasteiger partial charge in [-0.15, -0.1) is 0 Å². The molecule has 0 atom stereocenters. The van der Waals surface area contributed by atoms with Crippen LogP contribution >= 0.6 is 0 Å². The van der Waals surface area contributed by atoms with Crippen molar-refractivity contribution in [3.8, 4) is 0 Å². The minimum absolute atomic E-state index is 0.0257. The maximum atomic E-state index is 11.3. The fraction of sp³-hybridized carbons (Fsp3) is 0.700. The van der Waals surface area contributed by atoms with Gasteiger partial charge in [-0.05, 0) is 13.3 Å². The van der Waals surface area contributed by atoms with Crippen molar-refractivity contribution in [2.75, 3.05) is 13.7 Å². The zero-order valence-corrected chi connectivity index (χ0v) is 9.41. The molecule has 0 radical (unpaired) electrons. The summed E-state index contributed by atoms with van der Waals surface area (Å²) in [5.41, 5.74) is 0.0257. The smallest absolute Gasteiger partial charge is 0.356 e. The number of rotatable bonds is 7. The average Bonchev–Trinajstić information content (AvgIpc) is 2.18. The van der Waals surface area contributed by atoms with Crippen LogP contribution in [0.15, 0.2) is 5.16 Å². The van der Waals surface area contributed by atoms with Crippen LogP contribution in [0.5, 0.6) is 0 Å². The first-order chi connectivity index (χ1) is 7.15. The Hall–Kier alpha value is -1.39. The summed E-state index contributed by atoms with van der Waals surface area (Å²) >= 11 is 0. The third-order valence-corrected chi connectivity index (χ3v) is 1.61. The average molecular weight is 215 g/mol. The Labute approximate surface area is 89.4 Å².